The van der Waals surface area contributed by atoms with E-state index in [9.17, 15) is 9.90 Å². The number of halogens is 1. The monoisotopic (exact) mass is 858 g/mol. The molecule has 53 heavy (non-hydrogen) atoms. The molecule has 0 heterocycles. The first kappa shape index (κ1) is 44.4. The summed E-state index contributed by atoms with van der Waals surface area (Å²) in [5.74, 6) is 4.13. The first-order valence-electron chi connectivity index (χ1n) is 18.9. The van der Waals surface area contributed by atoms with E-state index >= 15 is 0 Å². The van der Waals surface area contributed by atoms with Gasteiger partial charge in [0.15, 0.2) is 0 Å². The summed E-state index contributed by atoms with van der Waals surface area (Å²) < 4.78 is 1.26. The number of carboxylic acid groups (broad SMARTS) is 1. The number of thioether (sulfide) groups is 2. The lowest BCUT2D eigenvalue weighted by molar-refractivity contribution is -0.143. The average molecular weight is 859 g/mol. The van der Waals surface area contributed by atoms with E-state index in [2.05, 4.69) is 153 Å². The van der Waals surface area contributed by atoms with E-state index in [0.717, 1.165) is 35.0 Å². The Kier molecular flexibility index (Phi) is 21.7. The summed E-state index contributed by atoms with van der Waals surface area (Å²) in [4.78, 5) is 14.1. The van der Waals surface area contributed by atoms with Gasteiger partial charge in [-0.05, 0) is 89.8 Å². The van der Waals surface area contributed by atoms with Crippen LogP contribution in [0.5, 0.6) is 0 Å². The van der Waals surface area contributed by atoms with Crippen LogP contribution in [0.1, 0.15) is 51.3 Å². The van der Waals surface area contributed by atoms with E-state index in [-0.39, 0.29) is 11.8 Å². The van der Waals surface area contributed by atoms with Crippen molar-refractivity contribution in [1.82, 2.24) is 0 Å². The maximum atomic E-state index is 11.5. The quantitative estimate of drug-likeness (QED) is 0.0574. The molecular formula is C48H59IO2S2. The molecule has 0 spiro atoms. The molecule has 1 N–H and O–H groups in total. The van der Waals surface area contributed by atoms with Gasteiger partial charge in [0.2, 0.25) is 0 Å². The van der Waals surface area contributed by atoms with Gasteiger partial charge in [-0.1, -0.05) is 185 Å². The second kappa shape index (κ2) is 25.9. The summed E-state index contributed by atoms with van der Waals surface area (Å²) in [6, 6.07) is 52.2. The van der Waals surface area contributed by atoms with Gasteiger partial charge in [0, 0.05) is 25.7 Å². The third-order valence-electron chi connectivity index (χ3n) is 9.80. The number of hydrogen-bond donors (Lipinski definition) is 1. The largest absolute Gasteiger partial charge is 0.481 e. The Balaban J connectivity index is 0.000000220. The van der Waals surface area contributed by atoms with Crippen LogP contribution in [0.3, 0.4) is 0 Å². The summed E-state index contributed by atoms with van der Waals surface area (Å²) in [6.45, 7) is 11.4. The van der Waals surface area contributed by atoms with Gasteiger partial charge in [0.05, 0.1) is 5.92 Å². The summed E-state index contributed by atoms with van der Waals surface area (Å²) in [5.41, 5.74) is 4.00. The number of rotatable bonds is 17. The number of alkyl halides is 1. The molecule has 5 aromatic rings. The van der Waals surface area contributed by atoms with Gasteiger partial charge < -0.3 is 5.11 Å². The zero-order chi connectivity index (χ0) is 38.3. The van der Waals surface area contributed by atoms with Crippen LogP contribution in [0.2, 0.25) is 0 Å². The van der Waals surface area contributed by atoms with Crippen molar-refractivity contribution >= 4 is 52.1 Å². The molecule has 5 aromatic carbocycles. The highest BCUT2D eigenvalue weighted by molar-refractivity contribution is 14.1. The Bertz CT molecular complexity index is 1640. The molecule has 0 aliphatic rings. The highest BCUT2D eigenvalue weighted by Gasteiger charge is 2.25. The summed E-state index contributed by atoms with van der Waals surface area (Å²) in [7, 11) is 0. The van der Waals surface area contributed by atoms with Crippen LogP contribution in [0, 0.1) is 35.5 Å². The highest BCUT2D eigenvalue weighted by atomic mass is 127. The average Bonchev–Trinajstić information content (AvgIpc) is 3.20. The zero-order valence-corrected chi connectivity index (χ0v) is 36.0. The first-order chi connectivity index (χ1) is 25.7. The van der Waals surface area contributed by atoms with E-state index in [1.165, 1.54) is 43.9 Å². The van der Waals surface area contributed by atoms with Crippen molar-refractivity contribution in [3.63, 3.8) is 0 Å². The second-order valence-corrected chi connectivity index (χ2v) is 17.4. The molecule has 0 bridgehead atoms. The third-order valence-corrected chi connectivity index (χ3v) is 13.8. The van der Waals surface area contributed by atoms with Crippen molar-refractivity contribution in [2.75, 3.05) is 15.9 Å². The number of aliphatic carboxylic acids is 1. The molecule has 6 atom stereocenters. The molecule has 0 amide bonds. The van der Waals surface area contributed by atoms with Crippen LogP contribution in [0.25, 0.3) is 0 Å². The van der Waals surface area contributed by atoms with Crippen molar-refractivity contribution < 1.29 is 9.90 Å². The molecule has 5 heteroatoms. The second-order valence-electron chi connectivity index (χ2n) is 14.3. The standard InChI is InChI=1S/C18H20O2S.C18H22S.C12H17I/c1-14(13-21-16-10-6-3-7-11-16)17(18(19)20)12-15-8-4-2-5-9-15;1-15(13-17-9-5-3-6-10-17)16(2)14-19-18-11-7-4-8-12-18;1-10(11(2)9-13)8-12-6-4-3-5-7-12/h2-11,14,17H,12-13H2,1H3,(H,19,20);3-12,15-16H,13-14H2,1-2H3;3-7,10-11H,8-9H2,1-2H3. The van der Waals surface area contributed by atoms with Crippen LogP contribution < -0.4 is 0 Å². The minimum Gasteiger partial charge on any atom is -0.481 e. The van der Waals surface area contributed by atoms with Crippen LogP contribution in [0.15, 0.2) is 161 Å². The molecular weight excluding hydrogens is 800 g/mol. The smallest absolute Gasteiger partial charge is 0.307 e. The lowest BCUT2D eigenvalue weighted by atomic mass is 9.89. The predicted molar refractivity (Wildman–Crippen MR) is 241 cm³/mol. The molecule has 0 aromatic heterocycles. The van der Waals surface area contributed by atoms with Crippen molar-refractivity contribution in [3.8, 4) is 0 Å². The molecule has 0 saturated carbocycles. The summed E-state index contributed by atoms with van der Waals surface area (Å²) in [6.07, 6.45) is 2.98. The summed E-state index contributed by atoms with van der Waals surface area (Å²) >= 11 is 6.16. The van der Waals surface area contributed by atoms with E-state index in [1.807, 2.05) is 67.2 Å². The molecule has 5 rings (SSSR count). The Hall–Kier alpha value is -3.00. The fourth-order valence-electron chi connectivity index (χ4n) is 5.70. The van der Waals surface area contributed by atoms with Crippen molar-refractivity contribution in [3.05, 3.63) is 168 Å². The van der Waals surface area contributed by atoms with Crippen LogP contribution in [-0.2, 0) is 24.1 Å². The normalized spacial score (nSPS) is 14.2. The number of benzene rings is 5. The van der Waals surface area contributed by atoms with Gasteiger partial charge >= 0.3 is 5.97 Å². The Morgan fingerprint density at radius 2 is 0.792 bits per heavy atom. The van der Waals surface area contributed by atoms with Crippen molar-refractivity contribution in [1.29, 1.82) is 0 Å². The lowest BCUT2D eigenvalue weighted by Gasteiger charge is -2.20. The highest BCUT2D eigenvalue weighted by Crippen LogP contribution is 2.27. The van der Waals surface area contributed by atoms with Gasteiger partial charge in [0.25, 0.3) is 0 Å². The van der Waals surface area contributed by atoms with Crippen LogP contribution in [-0.4, -0.2) is 27.0 Å². The summed E-state index contributed by atoms with van der Waals surface area (Å²) in [5, 5.41) is 9.49. The number of hydrogen-bond acceptors (Lipinski definition) is 3. The van der Waals surface area contributed by atoms with Crippen molar-refractivity contribution in [2.45, 2.75) is 63.7 Å². The third kappa shape index (κ3) is 18.3. The van der Waals surface area contributed by atoms with Crippen LogP contribution in [0.4, 0.5) is 0 Å². The van der Waals surface area contributed by atoms with Gasteiger partial charge in [-0.25, -0.2) is 0 Å². The molecule has 6 unspecified atom stereocenters. The predicted octanol–water partition coefficient (Wildman–Crippen LogP) is 13.6. The maximum absolute atomic E-state index is 11.5. The minimum absolute atomic E-state index is 0.118. The molecule has 0 aliphatic heterocycles. The van der Waals surface area contributed by atoms with Crippen molar-refractivity contribution in [2.24, 2.45) is 35.5 Å². The van der Waals surface area contributed by atoms with Gasteiger partial charge in [-0.2, -0.15) is 0 Å². The van der Waals surface area contributed by atoms with Gasteiger partial charge in [-0.15, -0.1) is 23.5 Å². The molecule has 282 valence electrons. The molecule has 0 saturated heterocycles. The Labute approximate surface area is 343 Å². The lowest BCUT2D eigenvalue weighted by Crippen LogP contribution is -2.25. The zero-order valence-electron chi connectivity index (χ0n) is 32.2. The van der Waals surface area contributed by atoms with E-state index in [4.69, 9.17) is 0 Å². The molecule has 0 fully saturated rings. The minimum atomic E-state index is -0.708. The van der Waals surface area contributed by atoms with Gasteiger partial charge in [-0.3, -0.25) is 4.79 Å². The van der Waals surface area contributed by atoms with Gasteiger partial charge in [0.1, 0.15) is 0 Å². The molecule has 0 aliphatic carbocycles. The SMILES string of the molecule is CC(CI)C(C)Cc1ccccc1.CC(CSc1ccccc1)C(C)Cc1ccccc1.CC(CSc1ccccc1)C(Cc1ccccc1)C(=O)O. The maximum Gasteiger partial charge on any atom is 0.307 e. The first-order valence-corrected chi connectivity index (χ1v) is 22.4. The number of carbonyl (C=O) groups is 1. The Morgan fingerprint density at radius 3 is 1.15 bits per heavy atom. The van der Waals surface area contributed by atoms with E-state index in [1.54, 1.807) is 11.8 Å². The molecule has 0 radical (unpaired) electrons. The van der Waals surface area contributed by atoms with E-state index < -0.39 is 5.97 Å². The Morgan fingerprint density at radius 1 is 0.472 bits per heavy atom. The topological polar surface area (TPSA) is 37.3 Å². The fourth-order valence-corrected chi connectivity index (χ4v) is 8.73. The number of carboxylic acids is 1. The fraction of sp³-hybridized carbons (Fsp3) is 0.354. The van der Waals surface area contributed by atoms with Crippen LogP contribution >= 0.6 is 46.1 Å². The molecule has 2 nitrogen and oxygen atoms in total. The van der Waals surface area contributed by atoms with E-state index in [0.29, 0.717) is 6.42 Å².